The van der Waals surface area contributed by atoms with E-state index in [-0.39, 0.29) is 19.3 Å². The first kappa shape index (κ1) is 15.6. The van der Waals surface area contributed by atoms with E-state index in [9.17, 15) is 14.4 Å². The summed E-state index contributed by atoms with van der Waals surface area (Å²) >= 11 is 0. The van der Waals surface area contributed by atoms with Gasteiger partial charge in [-0.15, -0.1) is 5.06 Å². The van der Waals surface area contributed by atoms with Crippen molar-refractivity contribution in [3.05, 3.63) is 0 Å². The Labute approximate surface area is 111 Å². The van der Waals surface area contributed by atoms with Crippen LogP contribution in [0.5, 0.6) is 0 Å². The molecule has 1 rings (SSSR count). The minimum absolute atomic E-state index is 0.0156. The van der Waals surface area contributed by atoms with E-state index in [2.05, 4.69) is 0 Å². The Morgan fingerprint density at radius 3 is 2.16 bits per heavy atom. The molecule has 0 unspecified atom stereocenters. The number of rotatable bonds is 8. The van der Waals surface area contributed by atoms with Crippen molar-refractivity contribution in [3.63, 3.8) is 0 Å². The van der Waals surface area contributed by atoms with Gasteiger partial charge in [-0.2, -0.15) is 0 Å². The van der Waals surface area contributed by atoms with Crippen molar-refractivity contribution in [2.45, 2.75) is 45.8 Å². The minimum Gasteiger partial charge on any atom is -0.353 e. The molecule has 0 atom stereocenters. The van der Waals surface area contributed by atoms with Gasteiger partial charge in [0.25, 0.3) is 11.8 Å². The number of ether oxygens (including phenoxy) is 2. The van der Waals surface area contributed by atoms with E-state index >= 15 is 0 Å². The first-order valence-electron chi connectivity index (χ1n) is 6.38. The second-order valence-electron chi connectivity index (χ2n) is 3.92. The third kappa shape index (κ3) is 4.96. The molecule has 1 saturated heterocycles. The van der Waals surface area contributed by atoms with E-state index in [0.29, 0.717) is 24.7 Å². The molecule has 0 saturated carbocycles. The van der Waals surface area contributed by atoms with Crippen molar-refractivity contribution >= 4 is 17.8 Å². The predicted molar refractivity (Wildman–Crippen MR) is 63.5 cm³/mol. The van der Waals surface area contributed by atoms with E-state index in [1.54, 1.807) is 0 Å². The molecule has 108 valence electrons. The zero-order valence-corrected chi connectivity index (χ0v) is 11.2. The van der Waals surface area contributed by atoms with Gasteiger partial charge in [-0.1, -0.05) is 0 Å². The average Bonchev–Trinajstić information content (AvgIpc) is 2.68. The third-order valence-electron chi connectivity index (χ3n) is 2.49. The lowest BCUT2D eigenvalue weighted by Gasteiger charge is -2.17. The monoisotopic (exact) mass is 273 g/mol. The standard InChI is InChI=1S/C12H19NO6/c1-3-17-12(18-4-2)8-7-11(16)19-13-9(14)5-6-10(13)15/h12H,3-8H2,1-2H3. The fraction of sp³-hybridized carbons (Fsp3) is 0.750. The maximum Gasteiger partial charge on any atom is 0.333 e. The van der Waals surface area contributed by atoms with Crippen LogP contribution in [0.25, 0.3) is 0 Å². The van der Waals surface area contributed by atoms with Gasteiger partial charge in [0.05, 0.1) is 6.42 Å². The third-order valence-corrected chi connectivity index (χ3v) is 2.49. The molecule has 19 heavy (non-hydrogen) atoms. The Hall–Kier alpha value is -1.47. The summed E-state index contributed by atoms with van der Waals surface area (Å²) in [6.45, 7) is 4.60. The van der Waals surface area contributed by atoms with Gasteiger partial charge in [0.1, 0.15) is 0 Å². The summed E-state index contributed by atoms with van der Waals surface area (Å²) in [5, 5.41) is 0.540. The first-order chi connectivity index (χ1) is 9.08. The summed E-state index contributed by atoms with van der Waals surface area (Å²) in [7, 11) is 0. The predicted octanol–water partition coefficient (Wildman–Crippen LogP) is 0.773. The molecular weight excluding hydrogens is 254 g/mol. The van der Waals surface area contributed by atoms with Gasteiger partial charge in [0, 0.05) is 32.5 Å². The molecule has 1 aliphatic heterocycles. The molecule has 0 aromatic heterocycles. The molecule has 0 bridgehead atoms. The fourth-order valence-corrected chi connectivity index (χ4v) is 1.63. The smallest absolute Gasteiger partial charge is 0.333 e. The highest BCUT2D eigenvalue weighted by Gasteiger charge is 2.32. The Morgan fingerprint density at radius 2 is 1.68 bits per heavy atom. The summed E-state index contributed by atoms with van der Waals surface area (Å²) in [5.74, 6) is -1.61. The van der Waals surface area contributed by atoms with Crippen LogP contribution in [-0.2, 0) is 28.7 Å². The molecule has 0 aromatic carbocycles. The molecule has 1 heterocycles. The van der Waals surface area contributed by atoms with Crippen molar-refractivity contribution in [2.75, 3.05) is 13.2 Å². The second kappa shape index (κ2) is 7.85. The topological polar surface area (TPSA) is 82.1 Å². The summed E-state index contributed by atoms with van der Waals surface area (Å²) < 4.78 is 10.5. The zero-order chi connectivity index (χ0) is 14.3. The normalized spacial score (nSPS) is 15.4. The van der Waals surface area contributed by atoms with Gasteiger partial charge < -0.3 is 14.3 Å². The largest absolute Gasteiger partial charge is 0.353 e. The Kier molecular flexibility index (Phi) is 6.44. The quantitative estimate of drug-likeness (QED) is 0.480. The maximum atomic E-state index is 11.5. The van der Waals surface area contributed by atoms with Crippen molar-refractivity contribution in [3.8, 4) is 0 Å². The Bertz CT molecular complexity index is 321. The maximum absolute atomic E-state index is 11.5. The lowest BCUT2D eigenvalue weighted by Crippen LogP contribution is -2.32. The van der Waals surface area contributed by atoms with Crippen LogP contribution in [0.2, 0.25) is 0 Å². The summed E-state index contributed by atoms with van der Waals surface area (Å²) in [6.07, 6.45) is 0.0325. The van der Waals surface area contributed by atoms with Crippen LogP contribution in [0.4, 0.5) is 0 Å². The number of hydrogen-bond acceptors (Lipinski definition) is 6. The molecule has 0 N–H and O–H groups in total. The Balaban J connectivity index is 2.34. The van der Waals surface area contributed by atoms with Crippen molar-refractivity contribution in [1.29, 1.82) is 0 Å². The van der Waals surface area contributed by atoms with Crippen LogP contribution in [0.15, 0.2) is 0 Å². The number of hydrogen-bond donors (Lipinski definition) is 0. The average molecular weight is 273 g/mol. The molecule has 0 radical (unpaired) electrons. The van der Waals surface area contributed by atoms with Crippen molar-refractivity contribution < 1.29 is 28.7 Å². The summed E-state index contributed by atoms with van der Waals surface area (Å²) in [5.41, 5.74) is 0. The fourth-order valence-electron chi connectivity index (χ4n) is 1.63. The number of nitrogens with zero attached hydrogens (tertiary/aromatic N) is 1. The molecule has 7 nitrogen and oxygen atoms in total. The zero-order valence-electron chi connectivity index (χ0n) is 11.2. The van der Waals surface area contributed by atoms with Crippen LogP contribution in [0.3, 0.4) is 0 Å². The van der Waals surface area contributed by atoms with Crippen LogP contribution in [0.1, 0.15) is 39.5 Å². The molecule has 0 spiro atoms. The minimum atomic E-state index is -0.645. The van der Waals surface area contributed by atoms with E-state index in [1.165, 1.54) is 0 Å². The highest BCUT2D eigenvalue weighted by molar-refractivity contribution is 6.01. The van der Waals surface area contributed by atoms with E-state index in [4.69, 9.17) is 14.3 Å². The SMILES string of the molecule is CCOC(CCC(=O)ON1C(=O)CCC1=O)OCC. The molecule has 7 heteroatoms. The lowest BCUT2D eigenvalue weighted by molar-refractivity contribution is -0.199. The van der Waals surface area contributed by atoms with Gasteiger partial charge in [-0.3, -0.25) is 9.59 Å². The molecule has 2 amide bonds. The van der Waals surface area contributed by atoms with Crippen LogP contribution in [-0.4, -0.2) is 42.4 Å². The number of hydroxylamine groups is 2. The number of imide groups is 1. The number of carbonyl (C=O) groups is 3. The molecule has 0 aromatic rings. The molecule has 1 aliphatic rings. The van der Waals surface area contributed by atoms with E-state index in [1.807, 2.05) is 13.8 Å². The number of carbonyl (C=O) groups excluding carboxylic acids is 3. The van der Waals surface area contributed by atoms with Crippen molar-refractivity contribution in [1.82, 2.24) is 5.06 Å². The lowest BCUT2D eigenvalue weighted by atomic mass is 10.3. The van der Waals surface area contributed by atoms with Crippen molar-refractivity contribution in [2.24, 2.45) is 0 Å². The molecular formula is C12H19NO6. The second-order valence-corrected chi connectivity index (χ2v) is 3.92. The molecule has 1 fully saturated rings. The van der Waals surface area contributed by atoms with Gasteiger partial charge in [-0.25, -0.2) is 4.79 Å². The van der Waals surface area contributed by atoms with Gasteiger partial charge in [0.2, 0.25) is 0 Å². The van der Waals surface area contributed by atoms with Gasteiger partial charge in [0.15, 0.2) is 6.29 Å². The van der Waals surface area contributed by atoms with Crippen LogP contribution < -0.4 is 0 Å². The first-order valence-corrected chi connectivity index (χ1v) is 6.38. The van der Waals surface area contributed by atoms with Crippen LogP contribution >= 0.6 is 0 Å². The van der Waals surface area contributed by atoms with E-state index < -0.39 is 24.1 Å². The van der Waals surface area contributed by atoms with Gasteiger partial charge in [-0.05, 0) is 13.8 Å². The molecule has 0 aliphatic carbocycles. The highest BCUT2D eigenvalue weighted by Crippen LogP contribution is 2.13. The summed E-state index contributed by atoms with van der Waals surface area (Å²) in [4.78, 5) is 38.7. The van der Waals surface area contributed by atoms with E-state index in [0.717, 1.165) is 0 Å². The number of amides is 2. The summed E-state index contributed by atoms with van der Waals surface area (Å²) in [6, 6.07) is 0. The Morgan fingerprint density at radius 1 is 1.16 bits per heavy atom. The van der Waals surface area contributed by atoms with Gasteiger partial charge >= 0.3 is 5.97 Å². The highest BCUT2D eigenvalue weighted by atomic mass is 16.7. The van der Waals surface area contributed by atoms with Crippen LogP contribution in [0, 0.1) is 0 Å².